The second-order valence-electron chi connectivity index (χ2n) is 6.38. The van der Waals surface area contributed by atoms with E-state index in [1.54, 1.807) is 43.3 Å². The first-order valence-electron chi connectivity index (χ1n) is 8.56. The predicted molar refractivity (Wildman–Crippen MR) is 103 cm³/mol. The van der Waals surface area contributed by atoms with Crippen LogP contribution in [-0.2, 0) is 10.0 Å². The summed E-state index contributed by atoms with van der Waals surface area (Å²) >= 11 is 6.08. The highest BCUT2D eigenvalue weighted by Crippen LogP contribution is 2.25. The first-order chi connectivity index (χ1) is 12.4. The summed E-state index contributed by atoms with van der Waals surface area (Å²) in [5, 5.41) is 3.17. The van der Waals surface area contributed by atoms with Crippen LogP contribution in [0.3, 0.4) is 0 Å². The number of sulfonamides is 1. The van der Waals surface area contributed by atoms with Crippen molar-refractivity contribution in [2.24, 2.45) is 0 Å². The highest BCUT2D eigenvalue weighted by atomic mass is 35.5. The van der Waals surface area contributed by atoms with Crippen molar-refractivity contribution in [3.8, 4) is 0 Å². The van der Waals surface area contributed by atoms with Crippen molar-refractivity contribution in [2.45, 2.75) is 31.1 Å². The van der Waals surface area contributed by atoms with Gasteiger partial charge in [0, 0.05) is 18.7 Å². The third-order valence-corrected chi connectivity index (χ3v) is 6.75. The number of benzene rings is 2. The molecule has 26 heavy (non-hydrogen) atoms. The Bertz CT molecular complexity index is 922. The van der Waals surface area contributed by atoms with Crippen LogP contribution in [0, 0.1) is 6.92 Å². The lowest BCUT2D eigenvalue weighted by Crippen LogP contribution is -2.35. The Balaban J connectivity index is 1.90. The Morgan fingerprint density at radius 2 is 1.77 bits per heavy atom. The van der Waals surface area contributed by atoms with E-state index in [1.807, 2.05) is 0 Å². The van der Waals surface area contributed by atoms with E-state index >= 15 is 0 Å². The number of piperidine rings is 1. The summed E-state index contributed by atoms with van der Waals surface area (Å²) in [5.41, 5.74) is 1.51. The minimum absolute atomic E-state index is 0.148. The second kappa shape index (κ2) is 7.78. The summed E-state index contributed by atoms with van der Waals surface area (Å²) in [7, 11) is -3.59. The molecule has 0 saturated carbocycles. The van der Waals surface area contributed by atoms with Gasteiger partial charge in [-0.05, 0) is 49.6 Å². The van der Waals surface area contributed by atoms with Gasteiger partial charge in [0.05, 0.1) is 15.6 Å². The molecule has 2 aromatic carbocycles. The number of hydrogen-bond donors (Lipinski definition) is 1. The van der Waals surface area contributed by atoms with Crippen LogP contribution >= 0.6 is 11.6 Å². The fourth-order valence-corrected chi connectivity index (χ4v) is 4.74. The van der Waals surface area contributed by atoms with E-state index in [1.165, 1.54) is 10.4 Å². The predicted octanol–water partition coefficient (Wildman–Crippen LogP) is 4.08. The number of carbonyl (C=O) groups is 1. The van der Waals surface area contributed by atoms with Crippen LogP contribution in [0.25, 0.3) is 0 Å². The average molecular weight is 393 g/mol. The SMILES string of the molecule is Cc1ccc(S(=O)(=O)N2CCCCC2)cc1C(=O)Nc1ccccc1Cl. The molecule has 1 saturated heterocycles. The Hall–Kier alpha value is -1.89. The number of nitrogens with zero attached hydrogens (tertiary/aromatic N) is 1. The van der Waals surface area contributed by atoms with Crippen molar-refractivity contribution in [1.82, 2.24) is 4.31 Å². The van der Waals surface area contributed by atoms with Gasteiger partial charge in [0.2, 0.25) is 10.0 Å². The van der Waals surface area contributed by atoms with Gasteiger partial charge < -0.3 is 5.32 Å². The average Bonchev–Trinajstić information content (AvgIpc) is 2.64. The summed E-state index contributed by atoms with van der Waals surface area (Å²) in [5.74, 6) is -0.383. The minimum Gasteiger partial charge on any atom is -0.321 e. The molecule has 0 aromatic heterocycles. The molecule has 1 aliphatic heterocycles. The lowest BCUT2D eigenvalue weighted by molar-refractivity contribution is 0.102. The molecule has 5 nitrogen and oxygen atoms in total. The maximum atomic E-state index is 12.9. The summed E-state index contributed by atoms with van der Waals surface area (Å²) < 4.78 is 27.2. The zero-order chi connectivity index (χ0) is 18.7. The maximum Gasteiger partial charge on any atom is 0.256 e. The zero-order valence-corrected chi connectivity index (χ0v) is 16.1. The molecule has 0 spiro atoms. The molecule has 0 bridgehead atoms. The van der Waals surface area contributed by atoms with E-state index in [-0.39, 0.29) is 10.8 Å². The molecule has 1 fully saturated rings. The van der Waals surface area contributed by atoms with Crippen LogP contribution in [0.5, 0.6) is 0 Å². The Labute approximate surface area is 159 Å². The molecule has 1 amide bonds. The van der Waals surface area contributed by atoms with E-state index in [0.717, 1.165) is 19.3 Å². The largest absolute Gasteiger partial charge is 0.321 e. The van der Waals surface area contributed by atoms with Gasteiger partial charge in [0.15, 0.2) is 0 Å². The number of rotatable bonds is 4. The molecule has 1 heterocycles. The van der Waals surface area contributed by atoms with Gasteiger partial charge in [-0.2, -0.15) is 4.31 Å². The summed E-state index contributed by atoms with van der Waals surface area (Å²) in [6.07, 6.45) is 2.78. The summed E-state index contributed by atoms with van der Waals surface area (Å²) in [4.78, 5) is 12.8. The quantitative estimate of drug-likeness (QED) is 0.852. The number of aryl methyl sites for hydroxylation is 1. The second-order valence-corrected chi connectivity index (χ2v) is 8.72. The van der Waals surface area contributed by atoms with Crippen molar-refractivity contribution >= 4 is 33.2 Å². The number of para-hydroxylation sites is 1. The lowest BCUT2D eigenvalue weighted by Gasteiger charge is -2.26. The number of anilines is 1. The van der Waals surface area contributed by atoms with Gasteiger partial charge in [0.25, 0.3) is 5.91 Å². The Morgan fingerprint density at radius 1 is 1.08 bits per heavy atom. The van der Waals surface area contributed by atoms with Gasteiger partial charge in [-0.15, -0.1) is 0 Å². The van der Waals surface area contributed by atoms with Gasteiger partial charge in [-0.3, -0.25) is 4.79 Å². The smallest absolute Gasteiger partial charge is 0.256 e. The Kier molecular flexibility index (Phi) is 5.65. The standard InChI is InChI=1S/C19H21ClN2O3S/c1-14-9-10-15(26(24,25)22-11-5-2-6-12-22)13-16(14)19(23)21-18-8-4-3-7-17(18)20/h3-4,7-10,13H,2,5-6,11-12H2,1H3,(H,21,23). The summed E-state index contributed by atoms with van der Waals surface area (Å²) in [6, 6.07) is 11.6. The molecule has 1 N–H and O–H groups in total. The van der Waals surface area contributed by atoms with Crippen LogP contribution < -0.4 is 5.32 Å². The first-order valence-corrected chi connectivity index (χ1v) is 10.4. The molecule has 0 aliphatic carbocycles. The fourth-order valence-electron chi connectivity index (χ4n) is 3.01. The van der Waals surface area contributed by atoms with E-state index in [4.69, 9.17) is 11.6 Å². The summed E-state index contributed by atoms with van der Waals surface area (Å²) in [6.45, 7) is 2.83. The van der Waals surface area contributed by atoms with Crippen LogP contribution in [0.2, 0.25) is 5.02 Å². The molecule has 7 heteroatoms. The highest BCUT2D eigenvalue weighted by Gasteiger charge is 2.27. The van der Waals surface area contributed by atoms with E-state index in [2.05, 4.69) is 5.32 Å². The van der Waals surface area contributed by atoms with E-state index in [0.29, 0.717) is 34.9 Å². The van der Waals surface area contributed by atoms with Crippen molar-refractivity contribution in [3.63, 3.8) is 0 Å². The molecule has 3 rings (SSSR count). The third kappa shape index (κ3) is 3.92. The molecule has 0 radical (unpaired) electrons. The van der Waals surface area contributed by atoms with Crippen LogP contribution in [0.4, 0.5) is 5.69 Å². The zero-order valence-electron chi connectivity index (χ0n) is 14.5. The van der Waals surface area contributed by atoms with Crippen LogP contribution in [0.15, 0.2) is 47.4 Å². The maximum absolute atomic E-state index is 12.9. The molecule has 1 aliphatic rings. The van der Waals surface area contributed by atoms with Crippen molar-refractivity contribution in [3.05, 3.63) is 58.6 Å². The lowest BCUT2D eigenvalue weighted by atomic mass is 10.1. The van der Waals surface area contributed by atoms with Crippen LogP contribution in [-0.4, -0.2) is 31.7 Å². The molecule has 0 unspecified atom stereocenters. The van der Waals surface area contributed by atoms with E-state index < -0.39 is 10.0 Å². The van der Waals surface area contributed by atoms with E-state index in [9.17, 15) is 13.2 Å². The molecule has 2 aromatic rings. The topological polar surface area (TPSA) is 66.5 Å². The normalized spacial score (nSPS) is 15.6. The minimum atomic E-state index is -3.59. The van der Waals surface area contributed by atoms with Gasteiger partial charge in [-0.25, -0.2) is 8.42 Å². The number of amides is 1. The number of carbonyl (C=O) groups excluding carboxylic acids is 1. The molecular formula is C19H21ClN2O3S. The number of nitrogens with one attached hydrogen (secondary N) is 1. The van der Waals surface area contributed by atoms with Gasteiger partial charge in [0.1, 0.15) is 0 Å². The molecular weight excluding hydrogens is 372 g/mol. The number of halogens is 1. The highest BCUT2D eigenvalue weighted by molar-refractivity contribution is 7.89. The van der Waals surface area contributed by atoms with Crippen LogP contribution in [0.1, 0.15) is 35.2 Å². The fraction of sp³-hybridized carbons (Fsp3) is 0.316. The monoisotopic (exact) mass is 392 g/mol. The van der Waals surface area contributed by atoms with Crippen molar-refractivity contribution in [1.29, 1.82) is 0 Å². The third-order valence-electron chi connectivity index (χ3n) is 4.53. The first kappa shape index (κ1) is 18.9. The molecule has 138 valence electrons. The number of hydrogen-bond acceptors (Lipinski definition) is 3. The van der Waals surface area contributed by atoms with Gasteiger partial charge >= 0.3 is 0 Å². The molecule has 0 atom stereocenters. The van der Waals surface area contributed by atoms with Crippen molar-refractivity contribution in [2.75, 3.05) is 18.4 Å². The van der Waals surface area contributed by atoms with Gasteiger partial charge in [-0.1, -0.05) is 36.2 Å². The Morgan fingerprint density at radius 3 is 2.46 bits per heavy atom. The van der Waals surface area contributed by atoms with Crippen molar-refractivity contribution < 1.29 is 13.2 Å².